The maximum Gasteiger partial charge on any atom is 0.496 e. The minimum absolute atomic E-state index is 0.382. The van der Waals surface area contributed by atoms with Gasteiger partial charge in [-0.2, -0.15) is 0 Å². The molecule has 19 heavy (non-hydrogen) atoms. The van der Waals surface area contributed by atoms with E-state index >= 15 is 0 Å². The van der Waals surface area contributed by atoms with Gasteiger partial charge in [0.1, 0.15) is 0 Å². The molecule has 0 amide bonds. The second-order valence-corrected chi connectivity index (χ2v) is 5.82. The molecule has 1 aliphatic heterocycles. The van der Waals surface area contributed by atoms with E-state index in [0.717, 1.165) is 11.0 Å². The van der Waals surface area contributed by atoms with Crippen molar-refractivity contribution < 1.29 is 14.0 Å². The van der Waals surface area contributed by atoms with Crippen molar-refractivity contribution in [2.45, 2.75) is 45.5 Å². The molecule has 0 aromatic carbocycles. The van der Waals surface area contributed by atoms with E-state index in [4.69, 9.17) is 19.8 Å². The summed E-state index contributed by atoms with van der Waals surface area (Å²) in [6, 6.07) is 0. The van der Waals surface area contributed by atoms with Crippen LogP contribution >= 0.6 is 0 Å². The Morgan fingerprint density at radius 1 is 1.21 bits per heavy atom. The fourth-order valence-corrected chi connectivity index (χ4v) is 2.00. The summed E-state index contributed by atoms with van der Waals surface area (Å²) in [5.74, 6) is 0. The average molecular weight is 264 g/mol. The van der Waals surface area contributed by atoms with E-state index in [1.165, 1.54) is 0 Å². The summed E-state index contributed by atoms with van der Waals surface area (Å²) < 4.78 is 17.2. The van der Waals surface area contributed by atoms with Crippen LogP contribution in [0.25, 0.3) is 0 Å². The van der Waals surface area contributed by atoms with Crippen LogP contribution in [0.4, 0.5) is 5.69 Å². The van der Waals surface area contributed by atoms with Gasteiger partial charge in [0.05, 0.1) is 29.7 Å². The topological polar surface area (TPSA) is 66.6 Å². The van der Waals surface area contributed by atoms with Crippen molar-refractivity contribution in [3.8, 4) is 0 Å². The molecule has 104 valence electrons. The van der Waals surface area contributed by atoms with Gasteiger partial charge in [0.15, 0.2) is 0 Å². The third-order valence-corrected chi connectivity index (χ3v) is 3.92. The molecule has 0 bridgehead atoms. The second-order valence-electron chi connectivity index (χ2n) is 5.82. The fourth-order valence-electron chi connectivity index (χ4n) is 2.00. The molecule has 0 saturated carbocycles. The molecule has 2 N–H and O–H groups in total. The highest BCUT2D eigenvalue weighted by Crippen LogP contribution is 2.36. The summed E-state index contributed by atoms with van der Waals surface area (Å²) in [6.07, 6.45) is 3.34. The van der Waals surface area contributed by atoms with Crippen molar-refractivity contribution in [1.29, 1.82) is 0 Å². The van der Waals surface area contributed by atoms with E-state index in [2.05, 4.69) is 4.98 Å². The quantitative estimate of drug-likeness (QED) is 0.828. The van der Waals surface area contributed by atoms with Crippen LogP contribution in [-0.2, 0) is 20.7 Å². The second kappa shape index (κ2) is 4.78. The van der Waals surface area contributed by atoms with Crippen molar-refractivity contribution in [3.05, 3.63) is 18.0 Å². The lowest BCUT2D eigenvalue weighted by atomic mass is 9.77. The number of hydrogen-bond acceptors (Lipinski definition) is 5. The van der Waals surface area contributed by atoms with Crippen molar-refractivity contribution in [2.24, 2.45) is 0 Å². The van der Waals surface area contributed by atoms with E-state index in [-0.39, 0.29) is 11.2 Å². The smallest absolute Gasteiger partial charge is 0.399 e. The Morgan fingerprint density at radius 3 is 2.32 bits per heavy atom. The van der Waals surface area contributed by atoms with Crippen LogP contribution in [0.2, 0.25) is 0 Å². The maximum atomic E-state index is 6.02. The molecule has 0 aliphatic carbocycles. The largest absolute Gasteiger partial charge is 0.496 e. The molecule has 0 unspecified atom stereocenters. The number of nitrogens with zero attached hydrogens (tertiary/aromatic N) is 1. The van der Waals surface area contributed by atoms with Crippen molar-refractivity contribution in [3.63, 3.8) is 0 Å². The van der Waals surface area contributed by atoms with Crippen LogP contribution in [0.5, 0.6) is 0 Å². The minimum atomic E-state index is -0.467. The van der Waals surface area contributed by atoms with Gasteiger partial charge in [-0.05, 0) is 27.7 Å². The molecular weight excluding hydrogens is 243 g/mol. The number of nitrogens with two attached hydrogens (primary N) is 1. The van der Waals surface area contributed by atoms with Crippen molar-refractivity contribution in [1.82, 2.24) is 4.98 Å². The fraction of sp³-hybridized carbons (Fsp3) is 0.615. The molecule has 0 spiro atoms. The first kappa shape index (κ1) is 14.3. The third-order valence-electron chi connectivity index (χ3n) is 3.92. The predicted molar refractivity (Wildman–Crippen MR) is 75.1 cm³/mol. The normalized spacial score (nSPS) is 20.8. The summed E-state index contributed by atoms with van der Waals surface area (Å²) in [4.78, 5) is 4.13. The van der Waals surface area contributed by atoms with Crippen LogP contribution in [0.3, 0.4) is 0 Å². The lowest BCUT2D eigenvalue weighted by Crippen LogP contribution is -2.41. The molecule has 2 heterocycles. The van der Waals surface area contributed by atoms with Crippen molar-refractivity contribution >= 4 is 18.3 Å². The lowest BCUT2D eigenvalue weighted by molar-refractivity contribution is 0.00578. The molecule has 6 heteroatoms. The lowest BCUT2D eigenvalue weighted by Gasteiger charge is -2.32. The number of aromatic nitrogens is 1. The average Bonchev–Trinajstić information content (AvgIpc) is 2.51. The van der Waals surface area contributed by atoms with Crippen LogP contribution < -0.4 is 11.2 Å². The van der Waals surface area contributed by atoms with Gasteiger partial charge in [-0.3, -0.25) is 4.98 Å². The highest BCUT2D eigenvalue weighted by atomic mass is 16.7. The number of methoxy groups -OCH3 is 1. The first-order valence-electron chi connectivity index (χ1n) is 6.35. The molecule has 1 saturated heterocycles. The molecule has 1 aromatic heterocycles. The summed E-state index contributed by atoms with van der Waals surface area (Å²) >= 11 is 0. The van der Waals surface area contributed by atoms with Gasteiger partial charge in [0.2, 0.25) is 0 Å². The molecule has 1 aliphatic rings. The zero-order chi connectivity index (χ0) is 14.3. The van der Waals surface area contributed by atoms with Crippen LogP contribution in [-0.4, -0.2) is 30.4 Å². The zero-order valence-electron chi connectivity index (χ0n) is 12.2. The number of nitrogen functional groups attached to an aromatic ring is 1. The number of hydrogen-bond donors (Lipinski definition) is 1. The number of pyridine rings is 1. The number of rotatable bonds is 3. The van der Waals surface area contributed by atoms with E-state index in [9.17, 15) is 0 Å². The standard InChI is InChI=1S/C13H21BN2O3/c1-12(2)13(3,4)19-14(18-12)10-6-16-7-11(15)9(10)8-17-5/h6-7H,8,15H2,1-5H3. The minimum Gasteiger partial charge on any atom is -0.399 e. The van der Waals surface area contributed by atoms with Gasteiger partial charge in [0.25, 0.3) is 0 Å². The first-order chi connectivity index (χ1) is 8.78. The van der Waals surface area contributed by atoms with Gasteiger partial charge >= 0.3 is 7.12 Å². The Hall–Kier alpha value is -1.11. The predicted octanol–water partition coefficient (Wildman–Crippen LogP) is 1.11. The Labute approximate surface area is 114 Å². The first-order valence-corrected chi connectivity index (χ1v) is 6.35. The maximum absolute atomic E-state index is 6.02. The Bertz CT molecular complexity index is 461. The monoisotopic (exact) mass is 264 g/mol. The van der Waals surface area contributed by atoms with Gasteiger partial charge in [0, 0.05) is 24.3 Å². The van der Waals surface area contributed by atoms with E-state index in [1.807, 2.05) is 27.7 Å². The zero-order valence-corrected chi connectivity index (χ0v) is 12.2. The van der Waals surface area contributed by atoms with Crippen molar-refractivity contribution in [2.75, 3.05) is 12.8 Å². The molecular formula is C13H21BN2O3. The summed E-state index contributed by atoms with van der Waals surface area (Å²) in [5.41, 5.74) is 7.49. The number of ether oxygens (including phenoxy) is 1. The summed E-state index contributed by atoms with van der Waals surface area (Å²) in [6.45, 7) is 8.48. The SMILES string of the molecule is COCc1c(N)cncc1B1OC(C)(C)C(C)(C)O1. The molecule has 2 rings (SSSR count). The van der Waals surface area contributed by atoms with Crippen LogP contribution in [0.15, 0.2) is 12.4 Å². The highest BCUT2D eigenvalue weighted by molar-refractivity contribution is 6.62. The van der Waals surface area contributed by atoms with Gasteiger partial charge in [-0.25, -0.2) is 0 Å². The Balaban J connectivity index is 2.37. The van der Waals surface area contributed by atoms with Gasteiger partial charge in [-0.15, -0.1) is 0 Å². The molecule has 1 aromatic rings. The Morgan fingerprint density at radius 2 is 1.79 bits per heavy atom. The van der Waals surface area contributed by atoms with Crippen LogP contribution in [0.1, 0.15) is 33.3 Å². The molecule has 5 nitrogen and oxygen atoms in total. The summed E-state index contributed by atoms with van der Waals surface area (Å²) in [7, 11) is 1.17. The molecule has 0 atom stereocenters. The van der Waals surface area contributed by atoms with E-state index in [0.29, 0.717) is 12.3 Å². The number of anilines is 1. The molecule has 1 fully saturated rings. The van der Waals surface area contributed by atoms with E-state index in [1.54, 1.807) is 19.5 Å². The van der Waals surface area contributed by atoms with E-state index < -0.39 is 7.12 Å². The molecule has 0 radical (unpaired) electrons. The van der Waals surface area contributed by atoms with Gasteiger partial charge in [-0.1, -0.05) is 0 Å². The highest BCUT2D eigenvalue weighted by Gasteiger charge is 2.52. The third kappa shape index (κ3) is 2.48. The van der Waals surface area contributed by atoms with Crippen LogP contribution in [0, 0.1) is 0 Å². The Kier molecular flexibility index (Phi) is 3.60. The van der Waals surface area contributed by atoms with Gasteiger partial charge < -0.3 is 19.8 Å². The summed E-state index contributed by atoms with van der Waals surface area (Å²) in [5, 5.41) is 0.